The summed E-state index contributed by atoms with van der Waals surface area (Å²) in [6.45, 7) is 0.857. The summed E-state index contributed by atoms with van der Waals surface area (Å²) in [7, 11) is 0. The van der Waals surface area contributed by atoms with Crippen LogP contribution < -0.4 is 5.32 Å². The topological polar surface area (TPSA) is 99.5 Å². The molecule has 1 aromatic heterocycles. The standard InChI is InChI=1S/C18H21FN2O2.C2HF3O2/c19-18(7-4-13(5-8-18)17(22)23)12-21-11-15-3-1-2-14-10-20-9-6-16(14)15;3-2(4,5)1(6)7/h1-3,6,9-10,13,21H,4-5,7-8,11-12H2,(H,22,23);(H,6,7). The molecule has 0 spiro atoms. The van der Waals surface area contributed by atoms with Crippen molar-refractivity contribution in [2.45, 2.75) is 44.1 Å². The van der Waals surface area contributed by atoms with Gasteiger partial charge in [0.2, 0.25) is 0 Å². The fourth-order valence-corrected chi connectivity index (χ4v) is 3.32. The van der Waals surface area contributed by atoms with Crippen LogP contribution in [0.2, 0.25) is 0 Å². The van der Waals surface area contributed by atoms with E-state index in [1.165, 1.54) is 0 Å². The van der Waals surface area contributed by atoms with Crippen LogP contribution in [0.1, 0.15) is 31.2 Å². The number of aliphatic carboxylic acids is 2. The maximum Gasteiger partial charge on any atom is 0.490 e. The van der Waals surface area contributed by atoms with Gasteiger partial charge in [-0.1, -0.05) is 18.2 Å². The van der Waals surface area contributed by atoms with Gasteiger partial charge >= 0.3 is 18.1 Å². The van der Waals surface area contributed by atoms with Gasteiger partial charge in [0.25, 0.3) is 0 Å². The fraction of sp³-hybridized carbons (Fsp3) is 0.450. The van der Waals surface area contributed by atoms with Crippen molar-refractivity contribution in [1.29, 1.82) is 0 Å². The highest BCUT2D eigenvalue weighted by Gasteiger charge is 2.38. The quantitative estimate of drug-likeness (QED) is 0.622. The third-order valence-corrected chi connectivity index (χ3v) is 5.00. The van der Waals surface area contributed by atoms with Crippen molar-refractivity contribution in [2.24, 2.45) is 5.92 Å². The number of fused-ring (bicyclic) bond motifs is 1. The zero-order chi connectivity index (χ0) is 22.4. The molecule has 0 atom stereocenters. The number of pyridine rings is 1. The van der Waals surface area contributed by atoms with E-state index in [1.54, 1.807) is 6.20 Å². The Morgan fingerprint density at radius 3 is 2.37 bits per heavy atom. The lowest BCUT2D eigenvalue weighted by Crippen LogP contribution is -2.40. The summed E-state index contributed by atoms with van der Waals surface area (Å²) >= 11 is 0. The van der Waals surface area contributed by atoms with Crippen LogP contribution in [0, 0.1) is 5.92 Å². The van der Waals surface area contributed by atoms with Crippen LogP contribution in [0.3, 0.4) is 0 Å². The van der Waals surface area contributed by atoms with Crippen LogP contribution >= 0.6 is 0 Å². The summed E-state index contributed by atoms with van der Waals surface area (Å²) in [4.78, 5) is 24.0. The van der Waals surface area contributed by atoms with E-state index in [1.807, 2.05) is 30.5 Å². The largest absolute Gasteiger partial charge is 0.490 e. The Labute approximate surface area is 169 Å². The van der Waals surface area contributed by atoms with E-state index in [9.17, 15) is 22.4 Å². The summed E-state index contributed by atoms with van der Waals surface area (Å²) in [6.07, 6.45) is -0.0218. The van der Waals surface area contributed by atoms with Crippen molar-refractivity contribution >= 4 is 22.7 Å². The van der Waals surface area contributed by atoms with E-state index < -0.39 is 23.8 Å². The molecule has 1 heterocycles. The minimum atomic E-state index is -5.08. The molecule has 0 amide bonds. The molecule has 3 N–H and O–H groups in total. The van der Waals surface area contributed by atoms with Gasteiger partial charge in [0.1, 0.15) is 5.67 Å². The smallest absolute Gasteiger partial charge is 0.481 e. The third-order valence-electron chi connectivity index (χ3n) is 5.00. The fourth-order valence-electron chi connectivity index (χ4n) is 3.32. The molecule has 0 radical (unpaired) electrons. The molecule has 0 bridgehead atoms. The monoisotopic (exact) mass is 430 g/mol. The Morgan fingerprint density at radius 2 is 1.80 bits per heavy atom. The zero-order valence-corrected chi connectivity index (χ0v) is 16.0. The van der Waals surface area contributed by atoms with E-state index in [0.29, 0.717) is 32.2 Å². The minimum absolute atomic E-state index is 0.265. The maximum absolute atomic E-state index is 14.8. The Kier molecular flexibility index (Phi) is 7.71. The van der Waals surface area contributed by atoms with Gasteiger partial charge in [-0.2, -0.15) is 13.2 Å². The molecule has 0 saturated heterocycles. The number of rotatable bonds is 5. The first-order valence-electron chi connectivity index (χ1n) is 9.26. The number of aromatic nitrogens is 1. The zero-order valence-electron chi connectivity index (χ0n) is 16.0. The van der Waals surface area contributed by atoms with Crippen LogP contribution in [-0.4, -0.2) is 45.5 Å². The van der Waals surface area contributed by atoms with Gasteiger partial charge in [0, 0.05) is 30.9 Å². The second-order valence-electron chi connectivity index (χ2n) is 7.18. The van der Waals surface area contributed by atoms with Crippen LogP contribution in [0.5, 0.6) is 0 Å². The van der Waals surface area contributed by atoms with Crippen molar-refractivity contribution in [3.63, 3.8) is 0 Å². The Balaban J connectivity index is 0.000000396. The molecule has 1 aromatic carbocycles. The highest BCUT2D eigenvalue weighted by molar-refractivity contribution is 5.84. The third kappa shape index (κ3) is 6.65. The van der Waals surface area contributed by atoms with E-state index >= 15 is 0 Å². The lowest BCUT2D eigenvalue weighted by molar-refractivity contribution is -0.192. The van der Waals surface area contributed by atoms with Crippen molar-refractivity contribution < 1.29 is 37.4 Å². The second-order valence-corrected chi connectivity index (χ2v) is 7.18. The molecule has 10 heteroatoms. The number of benzene rings is 1. The van der Waals surface area contributed by atoms with Crippen molar-refractivity contribution in [2.75, 3.05) is 6.54 Å². The number of hydrogen-bond donors (Lipinski definition) is 3. The number of halogens is 4. The van der Waals surface area contributed by atoms with Gasteiger partial charge in [-0.3, -0.25) is 9.78 Å². The van der Waals surface area contributed by atoms with Gasteiger partial charge in [0.05, 0.1) is 5.92 Å². The molecule has 3 rings (SSSR count). The first kappa shape index (κ1) is 23.5. The molecule has 2 aromatic rings. The Morgan fingerprint density at radius 1 is 1.17 bits per heavy atom. The van der Waals surface area contributed by atoms with E-state index in [0.717, 1.165) is 16.3 Å². The van der Waals surface area contributed by atoms with Crippen molar-refractivity contribution in [3.05, 3.63) is 42.2 Å². The summed E-state index contributed by atoms with van der Waals surface area (Å²) in [5.74, 6) is -3.94. The molecule has 1 saturated carbocycles. The lowest BCUT2D eigenvalue weighted by atomic mass is 9.80. The predicted octanol–water partition coefficient (Wildman–Crippen LogP) is 3.94. The molecule has 164 valence electrons. The number of carboxylic acids is 2. The molecular formula is C20H22F4N2O4. The number of alkyl halides is 4. The number of nitrogens with zero attached hydrogens (tertiary/aromatic N) is 1. The van der Waals surface area contributed by atoms with Gasteiger partial charge in [-0.05, 0) is 42.7 Å². The van der Waals surface area contributed by atoms with Gasteiger partial charge in [0.15, 0.2) is 0 Å². The number of carbonyl (C=O) groups is 2. The maximum atomic E-state index is 14.8. The molecular weight excluding hydrogens is 408 g/mol. The highest BCUT2D eigenvalue weighted by atomic mass is 19.4. The first-order chi connectivity index (χ1) is 14.0. The normalized spacial score (nSPS) is 21.5. The van der Waals surface area contributed by atoms with E-state index in [-0.39, 0.29) is 12.5 Å². The summed E-state index contributed by atoms with van der Waals surface area (Å²) in [5.41, 5.74) is -0.175. The Hall–Kier alpha value is -2.75. The minimum Gasteiger partial charge on any atom is -0.481 e. The van der Waals surface area contributed by atoms with Crippen LogP contribution in [0.15, 0.2) is 36.7 Å². The highest BCUT2D eigenvalue weighted by Crippen LogP contribution is 2.35. The molecule has 6 nitrogen and oxygen atoms in total. The first-order valence-corrected chi connectivity index (χ1v) is 9.26. The van der Waals surface area contributed by atoms with E-state index in [4.69, 9.17) is 15.0 Å². The van der Waals surface area contributed by atoms with Crippen LogP contribution in [-0.2, 0) is 16.1 Å². The average Bonchev–Trinajstić information content (AvgIpc) is 2.68. The summed E-state index contributed by atoms with van der Waals surface area (Å²) < 4.78 is 46.5. The van der Waals surface area contributed by atoms with Crippen LogP contribution in [0.4, 0.5) is 17.6 Å². The number of carboxylic acid groups (broad SMARTS) is 2. The second kappa shape index (κ2) is 9.84. The molecule has 0 aliphatic heterocycles. The van der Waals surface area contributed by atoms with Crippen LogP contribution in [0.25, 0.3) is 10.8 Å². The number of hydrogen-bond acceptors (Lipinski definition) is 4. The molecule has 1 aliphatic rings. The molecule has 30 heavy (non-hydrogen) atoms. The SMILES string of the molecule is O=C(O)C(F)(F)F.O=C(O)C1CCC(F)(CNCc2cccc3cnccc23)CC1. The van der Waals surface area contributed by atoms with E-state index in [2.05, 4.69) is 10.3 Å². The average molecular weight is 430 g/mol. The molecule has 1 fully saturated rings. The van der Waals surface area contributed by atoms with Crippen molar-refractivity contribution in [3.8, 4) is 0 Å². The summed E-state index contributed by atoms with van der Waals surface area (Å²) in [5, 5.41) is 21.5. The lowest BCUT2D eigenvalue weighted by Gasteiger charge is -2.32. The van der Waals surface area contributed by atoms with Gasteiger partial charge < -0.3 is 15.5 Å². The Bertz CT molecular complexity index is 875. The van der Waals surface area contributed by atoms with Gasteiger partial charge in [-0.25, -0.2) is 9.18 Å². The molecule has 1 aliphatic carbocycles. The predicted molar refractivity (Wildman–Crippen MR) is 101 cm³/mol. The number of nitrogens with one attached hydrogen (secondary N) is 1. The van der Waals surface area contributed by atoms with Gasteiger partial charge in [-0.15, -0.1) is 0 Å². The molecule has 0 unspecified atom stereocenters. The summed E-state index contributed by atoms with van der Waals surface area (Å²) in [6, 6.07) is 7.98. The van der Waals surface area contributed by atoms with Crippen molar-refractivity contribution in [1.82, 2.24) is 10.3 Å².